The summed E-state index contributed by atoms with van der Waals surface area (Å²) in [5.41, 5.74) is 5.88. The Hall–Kier alpha value is -1.52. The van der Waals surface area contributed by atoms with E-state index in [1.807, 2.05) is 13.8 Å². The molecule has 0 radical (unpaired) electrons. The van der Waals surface area contributed by atoms with Gasteiger partial charge in [-0.25, -0.2) is 4.79 Å². The van der Waals surface area contributed by atoms with Crippen LogP contribution < -0.4 is 16.2 Å². The van der Waals surface area contributed by atoms with Crippen LogP contribution in [0.5, 0.6) is 5.75 Å². The van der Waals surface area contributed by atoms with E-state index in [1.54, 1.807) is 0 Å². The molecule has 0 bridgehead atoms. The minimum Gasteiger partial charge on any atom is -0.484 e. The molecule has 2 unspecified atom stereocenters. The summed E-state index contributed by atoms with van der Waals surface area (Å²) >= 11 is 0. The first-order valence-corrected chi connectivity index (χ1v) is 4.16. The monoisotopic (exact) mass is 181 g/mol. The number of fused-ring (bicyclic) bond motifs is 1. The molecule has 13 heavy (non-hydrogen) atoms. The highest BCUT2D eigenvalue weighted by atomic mass is 16.5. The molecule has 0 spiro atoms. The smallest absolute Gasteiger partial charge is 0.347 e. The molecule has 2 atom stereocenters. The molecule has 0 saturated heterocycles. The van der Waals surface area contributed by atoms with E-state index in [0.717, 1.165) is 5.69 Å². The molecule has 0 amide bonds. The summed E-state index contributed by atoms with van der Waals surface area (Å²) in [6.45, 7) is 3.91. The van der Waals surface area contributed by atoms with Gasteiger partial charge in [-0.05, 0) is 6.92 Å². The third kappa shape index (κ3) is 1.07. The number of aromatic amines is 1. The third-order valence-corrected chi connectivity index (χ3v) is 2.40. The van der Waals surface area contributed by atoms with Crippen LogP contribution in [0.4, 0.5) is 5.82 Å². The van der Waals surface area contributed by atoms with Crippen LogP contribution >= 0.6 is 0 Å². The Morgan fingerprint density at radius 2 is 2.23 bits per heavy atom. The number of nitrogens with one attached hydrogen (secondary N) is 1. The Labute approximate surface area is 74.9 Å². The quantitative estimate of drug-likeness (QED) is 0.600. The SMILES string of the molecule is CC1Oc2c(N)nc(=O)[nH]c2C1C. The van der Waals surface area contributed by atoms with Crippen molar-refractivity contribution in [2.45, 2.75) is 25.9 Å². The van der Waals surface area contributed by atoms with Crippen molar-refractivity contribution in [3.05, 3.63) is 16.2 Å². The van der Waals surface area contributed by atoms with Gasteiger partial charge >= 0.3 is 5.69 Å². The van der Waals surface area contributed by atoms with E-state index in [4.69, 9.17) is 10.5 Å². The Bertz CT molecular complexity index is 399. The van der Waals surface area contributed by atoms with Gasteiger partial charge in [-0.3, -0.25) is 0 Å². The second-order valence-corrected chi connectivity index (χ2v) is 3.28. The normalized spacial score (nSPS) is 25.4. The van der Waals surface area contributed by atoms with Crippen molar-refractivity contribution in [1.82, 2.24) is 9.97 Å². The maximum Gasteiger partial charge on any atom is 0.347 e. The topological polar surface area (TPSA) is 81.0 Å². The molecular formula is C8H11N3O2. The number of ether oxygens (including phenoxy) is 1. The van der Waals surface area contributed by atoms with Gasteiger partial charge in [0.1, 0.15) is 6.10 Å². The van der Waals surface area contributed by atoms with Crippen LogP contribution in [-0.2, 0) is 0 Å². The summed E-state index contributed by atoms with van der Waals surface area (Å²) in [5.74, 6) is 0.863. The van der Waals surface area contributed by atoms with E-state index in [-0.39, 0.29) is 17.8 Å². The fourth-order valence-electron chi connectivity index (χ4n) is 1.47. The number of anilines is 1. The fraction of sp³-hybridized carbons (Fsp3) is 0.500. The highest BCUT2D eigenvalue weighted by Crippen LogP contribution is 2.38. The molecule has 1 aliphatic rings. The van der Waals surface area contributed by atoms with Crippen LogP contribution in [0.25, 0.3) is 0 Å². The van der Waals surface area contributed by atoms with Crippen LogP contribution in [0.15, 0.2) is 4.79 Å². The number of nitrogen functional groups attached to an aromatic ring is 1. The molecule has 5 nitrogen and oxygen atoms in total. The zero-order valence-electron chi connectivity index (χ0n) is 7.50. The van der Waals surface area contributed by atoms with Gasteiger partial charge in [0, 0.05) is 5.92 Å². The second-order valence-electron chi connectivity index (χ2n) is 3.28. The van der Waals surface area contributed by atoms with Gasteiger partial charge in [-0.15, -0.1) is 0 Å². The number of rotatable bonds is 0. The van der Waals surface area contributed by atoms with Crippen molar-refractivity contribution in [1.29, 1.82) is 0 Å². The molecule has 1 aromatic rings. The number of nitrogens with two attached hydrogens (primary N) is 1. The minimum absolute atomic E-state index is 0.0390. The average Bonchev–Trinajstić information content (AvgIpc) is 2.32. The first kappa shape index (κ1) is 8.10. The largest absolute Gasteiger partial charge is 0.484 e. The molecule has 3 N–H and O–H groups in total. The summed E-state index contributed by atoms with van der Waals surface area (Å²) in [6, 6.07) is 0. The summed E-state index contributed by atoms with van der Waals surface area (Å²) in [4.78, 5) is 17.2. The third-order valence-electron chi connectivity index (χ3n) is 2.40. The van der Waals surface area contributed by atoms with E-state index in [9.17, 15) is 4.79 Å². The molecule has 0 saturated carbocycles. The zero-order valence-corrected chi connectivity index (χ0v) is 7.50. The molecule has 2 heterocycles. The van der Waals surface area contributed by atoms with Crippen molar-refractivity contribution >= 4 is 5.82 Å². The first-order valence-electron chi connectivity index (χ1n) is 4.16. The zero-order chi connectivity index (χ0) is 9.59. The Balaban J connectivity index is 2.64. The van der Waals surface area contributed by atoms with E-state index in [0.29, 0.717) is 5.75 Å². The Morgan fingerprint density at radius 3 is 2.92 bits per heavy atom. The van der Waals surface area contributed by atoms with Crippen molar-refractivity contribution in [3.8, 4) is 5.75 Å². The van der Waals surface area contributed by atoms with E-state index < -0.39 is 5.69 Å². The fourth-order valence-corrected chi connectivity index (χ4v) is 1.47. The van der Waals surface area contributed by atoms with Gasteiger partial charge < -0.3 is 15.5 Å². The van der Waals surface area contributed by atoms with Crippen molar-refractivity contribution in [3.63, 3.8) is 0 Å². The van der Waals surface area contributed by atoms with Gasteiger partial charge in [0.25, 0.3) is 0 Å². The molecule has 0 fully saturated rings. The van der Waals surface area contributed by atoms with E-state index >= 15 is 0 Å². The predicted molar refractivity (Wildman–Crippen MR) is 47.8 cm³/mol. The molecule has 5 heteroatoms. The van der Waals surface area contributed by atoms with Crippen molar-refractivity contribution in [2.75, 3.05) is 5.73 Å². The van der Waals surface area contributed by atoms with Gasteiger partial charge in [-0.2, -0.15) is 4.98 Å². The molecule has 2 rings (SSSR count). The number of aromatic nitrogens is 2. The lowest BCUT2D eigenvalue weighted by Gasteiger charge is -2.06. The Morgan fingerprint density at radius 1 is 1.54 bits per heavy atom. The maximum absolute atomic E-state index is 11.0. The molecule has 1 aliphatic heterocycles. The van der Waals surface area contributed by atoms with E-state index in [1.165, 1.54) is 0 Å². The average molecular weight is 181 g/mol. The van der Waals surface area contributed by atoms with Crippen LogP contribution in [0.2, 0.25) is 0 Å². The highest BCUT2D eigenvalue weighted by molar-refractivity contribution is 5.51. The van der Waals surface area contributed by atoms with Crippen LogP contribution in [0.1, 0.15) is 25.5 Å². The highest BCUT2D eigenvalue weighted by Gasteiger charge is 2.30. The van der Waals surface area contributed by atoms with Gasteiger partial charge in [0.15, 0.2) is 11.6 Å². The lowest BCUT2D eigenvalue weighted by molar-refractivity contribution is 0.233. The number of H-pyrrole nitrogens is 1. The van der Waals surface area contributed by atoms with E-state index in [2.05, 4.69) is 9.97 Å². The van der Waals surface area contributed by atoms with Gasteiger partial charge in [0.2, 0.25) is 0 Å². The second kappa shape index (κ2) is 2.48. The molecule has 0 aromatic carbocycles. The molecule has 0 aliphatic carbocycles. The number of nitrogens with zero attached hydrogens (tertiary/aromatic N) is 1. The van der Waals surface area contributed by atoms with Crippen LogP contribution in [-0.4, -0.2) is 16.1 Å². The summed E-state index contributed by atoms with van der Waals surface area (Å²) in [7, 11) is 0. The Kier molecular flexibility index (Phi) is 1.55. The summed E-state index contributed by atoms with van der Waals surface area (Å²) < 4.78 is 5.45. The maximum atomic E-state index is 11.0. The van der Waals surface area contributed by atoms with Crippen molar-refractivity contribution in [2.24, 2.45) is 0 Å². The minimum atomic E-state index is -0.416. The lowest BCUT2D eigenvalue weighted by atomic mass is 10.0. The first-order chi connectivity index (χ1) is 6.09. The lowest BCUT2D eigenvalue weighted by Crippen LogP contribution is -2.15. The molecular weight excluding hydrogens is 170 g/mol. The van der Waals surface area contributed by atoms with Gasteiger partial charge in [0.05, 0.1) is 5.69 Å². The van der Waals surface area contributed by atoms with Gasteiger partial charge in [-0.1, -0.05) is 6.92 Å². The molecule has 1 aromatic heterocycles. The predicted octanol–water partition coefficient (Wildman–Crippen LogP) is 0.236. The number of hydrogen-bond donors (Lipinski definition) is 2. The summed E-state index contributed by atoms with van der Waals surface area (Å²) in [6.07, 6.45) is 0.0390. The summed E-state index contributed by atoms with van der Waals surface area (Å²) in [5, 5.41) is 0. The molecule has 70 valence electrons. The van der Waals surface area contributed by atoms with Crippen LogP contribution in [0, 0.1) is 0 Å². The van der Waals surface area contributed by atoms with Crippen LogP contribution in [0.3, 0.4) is 0 Å². The number of hydrogen-bond acceptors (Lipinski definition) is 4. The van der Waals surface area contributed by atoms with Crippen molar-refractivity contribution < 1.29 is 4.74 Å². The standard InChI is InChI=1S/C8H11N3O2/c1-3-4(2)13-6-5(3)10-8(12)11-7(6)9/h3-4H,1-2H3,(H3,9,10,11,12).